The molecule has 1 heterocycles. The van der Waals surface area contributed by atoms with Gasteiger partial charge in [-0.25, -0.2) is 10.2 Å². The normalized spacial score (nSPS) is 9.56. The van der Waals surface area contributed by atoms with Crippen molar-refractivity contribution in [3.63, 3.8) is 0 Å². The second-order valence-corrected chi connectivity index (χ2v) is 2.39. The van der Waals surface area contributed by atoms with Gasteiger partial charge in [-0.15, -0.1) is 0 Å². The van der Waals surface area contributed by atoms with Gasteiger partial charge in [0.2, 0.25) is 6.20 Å². The number of aromatic nitrogens is 1. The van der Waals surface area contributed by atoms with Crippen molar-refractivity contribution in [2.24, 2.45) is 0 Å². The third kappa shape index (κ3) is 1.38. The van der Waals surface area contributed by atoms with Crippen LogP contribution in [0.2, 0.25) is 0 Å². The van der Waals surface area contributed by atoms with Gasteiger partial charge in [0.1, 0.15) is 0 Å². The third-order valence-electron chi connectivity index (χ3n) is 0.889. The molecule has 0 bridgehead atoms. The zero-order valence-corrected chi connectivity index (χ0v) is 6.10. The van der Waals surface area contributed by atoms with Crippen LogP contribution in [-0.4, -0.2) is 0 Å². The number of nitrogens with zero attached hydrogens (tertiary/aromatic N) is 1. The van der Waals surface area contributed by atoms with E-state index in [1.165, 1.54) is 18.3 Å². The molecule has 48 valence electrons. The molecule has 4 heteroatoms. The number of rotatable bonds is 0. The summed E-state index contributed by atoms with van der Waals surface area (Å²) in [7, 11) is 0. The van der Waals surface area contributed by atoms with Gasteiger partial charge in [-0.2, -0.15) is 0 Å². The summed E-state index contributed by atoms with van der Waals surface area (Å²) in [6.07, 6.45) is 1.18. The van der Waals surface area contributed by atoms with E-state index in [-0.39, 0.29) is 5.82 Å². The van der Waals surface area contributed by atoms with Gasteiger partial charge in [-0.1, -0.05) is 4.68 Å². The Morgan fingerprint density at radius 2 is 2.22 bits per heavy atom. The minimum Gasteiger partial charge on any atom is -0.204 e. The third-order valence-corrected chi connectivity index (χ3v) is 1.56. The maximum Gasteiger partial charge on any atom is 0.277 e. The molecule has 0 aliphatic heterocycles. The first-order chi connectivity index (χ1) is 4.20. The summed E-state index contributed by atoms with van der Waals surface area (Å²) in [6, 6.07) is 2.86. The first-order valence-corrected chi connectivity index (χ1v) is 3.11. The number of halogens is 2. The predicted molar refractivity (Wildman–Crippen MR) is 34.4 cm³/mol. The Morgan fingerprint density at radius 3 is 2.67 bits per heavy atom. The molecular weight excluding hydrogens is 187 g/mol. The molecule has 2 N–H and O–H groups in total. The highest BCUT2D eigenvalue weighted by Crippen LogP contribution is 2.00. The highest BCUT2D eigenvalue weighted by atomic mass is 79.9. The van der Waals surface area contributed by atoms with Crippen LogP contribution in [0.5, 0.6) is 0 Å². The van der Waals surface area contributed by atoms with Crippen LogP contribution in [0.3, 0.4) is 0 Å². The maximum atomic E-state index is 12.2. The summed E-state index contributed by atoms with van der Waals surface area (Å²) < 4.78 is 14.0. The molecule has 0 saturated carbocycles. The second-order valence-electron chi connectivity index (χ2n) is 1.58. The van der Waals surface area contributed by atoms with Crippen LogP contribution in [0.4, 0.5) is 4.39 Å². The molecule has 1 rings (SSSR count). The van der Waals surface area contributed by atoms with Crippen molar-refractivity contribution in [3.05, 3.63) is 28.7 Å². The largest absolute Gasteiger partial charge is 0.277 e. The molecule has 0 amide bonds. The van der Waals surface area contributed by atoms with E-state index in [9.17, 15) is 4.39 Å². The van der Waals surface area contributed by atoms with Crippen LogP contribution in [0, 0.1) is 5.82 Å². The monoisotopic (exact) mass is 191 g/mol. The van der Waals surface area contributed by atoms with E-state index in [1.54, 1.807) is 0 Å². The van der Waals surface area contributed by atoms with Crippen molar-refractivity contribution in [2.75, 3.05) is 5.84 Å². The van der Waals surface area contributed by atoms with E-state index in [4.69, 9.17) is 5.84 Å². The number of pyridine rings is 1. The topological polar surface area (TPSA) is 29.9 Å². The number of hydrogen-bond acceptors (Lipinski definition) is 1. The summed E-state index contributed by atoms with van der Waals surface area (Å²) in [5.74, 6) is 4.90. The van der Waals surface area contributed by atoms with Crippen LogP contribution < -0.4 is 10.5 Å². The number of nitrogen functional groups attached to an aromatic ring is 1. The fourth-order valence-electron chi connectivity index (χ4n) is 0.472. The van der Waals surface area contributed by atoms with Gasteiger partial charge in [0.15, 0.2) is 5.82 Å². The van der Waals surface area contributed by atoms with Crippen molar-refractivity contribution in [1.82, 2.24) is 0 Å². The fourth-order valence-corrected chi connectivity index (χ4v) is 0.707. The molecule has 0 radical (unpaired) electrons. The van der Waals surface area contributed by atoms with Crippen molar-refractivity contribution < 1.29 is 9.07 Å². The zero-order valence-electron chi connectivity index (χ0n) is 4.51. The van der Waals surface area contributed by atoms with Gasteiger partial charge in [0.25, 0.3) is 4.60 Å². The number of nitrogens with two attached hydrogens (primary N) is 1. The van der Waals surface area contributed by atoms with E-state index in [0.717, 1.165) is 4.68 Å². The minimum absolute atomic E-state index is 0.347. The van der Waals surface area contributed by atoms with Gasteiger partial charge < -0.3 is 0 Å². The molecule has 9 heavy (non-hydrogen) atoms. The summed E-state index contributed by atoms with van der Waals surface area (Å²) in [4.78, 5) is 0. The van der Waals surface area contributed by atoms with Crippen LogP contribution in [0.15, 0.2) is 22.9 Å². The summed E-state index contributed by atoms with van der Waals surface area (Å²) in [5.41, 5.74) is 0. The second kappa shape index (κ2) is 2.31. The van der Waals surface area contributed by atoms with E-state index in [1.807, 2.05) is 0 Å². The Bertz CT molecular complexity index is 226. The lowest BCUT2D eigenvalue weighted by molar-refractivity contribution is -0.651. The molecule has 0 atom stereocenters. The molecule has 0 saturated heterocycles. The lowest BCUT2D eigenvalue weighted by Crippen LogP contribution is -2.45. The van der Waals surface area contributed by atoms with E-state index >= 15 is 0 Å². The molecule has 0 aliphatic rings. The van der Waals surface area contributed by atoms with Crippen LogP contribution in [-0.2, 0) is 0 Å². The van der Waals surface area contributed by atoms with Crippen LogP contribution >= 0.6 is 15.9 Å². The molecule has 0 aromatic carbocycles. The van der Waals surface area contributed by atoms with E-state index in [0.29, 0.717) is 4.60 Å². The summed E-state index contributed by atoms with van der Waals surface area (Å²) in [6.45, 7) is 0. The summed E-state index contributed by atoms with van der Waals surface area (Å²) >= 11 is 3.10. The minimum atomic E-state index is -0.347. The summed E-state index contributed by atoms with van der Waals surface area (Å²) in [5, 5.41) is 0. The Labute approximate surface area is 60.2 Å². The van der Waals surface area contributed by atoms with E-state index < -0.39 is 0 Å². The Kier molecular flexibility index (Phi) is 1.66. The van der Waals surface area contributed by atoms with Gasteiger partial charge >= 0.3 is 0 Å². The lowest BCUT2D eigenvalue weighted by atomic mass is 10.5. The first-order valence-electron chi connectivity index (χ1n) is 2.32. The first kappa shape index (κ1) is 6.48. The quantitative estimate of drug-likeness (QED) is 0.364. The van der Waals surface area contributed by atoms with Gasteiger partial charge in [0, 0.05) is 22.0 Å². The molecule has 0 spiro atoms. The smallest absolute Gasteiger partial charge is 0.204 e. The molecule has 0 unspecified atom stereocenters. The van der Waals surface area contributed by atoms with Crippen molar-refractivity contribution in [1.29, 1.82) is 0 Å². The molecule has 1 aromatic rings. The van der Waals surface area contributed by atoms with Gasteiger partial charge in [0.05, 0.1) is 0 Å². The highest BCUT2D eigenvalue weighted by Gasteiger charge is 2.02. The molecule has 2 nitrogen and oxygen atoms in total. The maximum absolute atomic E-state index is 12.2. The Hall–Kier alpha value is -0.640. The Morgan fingerprint density at radius 1 is 1.56 bits per heavy atom. The molecule has 0 fully saturated rings. The highest BCUT2D eigenvalue weighted by molar-refractivity contribution is 9.10. The van der Waals surface area contributed by atoms with Gasteiger partial charge in [-0.3, -0.25) is 0 Å². The molecular formula is C5H5BrFN2+. The average Bonchev–Trinajstić information content (AvgIpc) is 1.80. The molecule has 1 aromatic heterocycles. The van der Waals surface area contributed by atoms with Crippen LogP contribution in [0.25, 0.3) is 0 Å². The lowest BCUT2D eigenvalue weighted by Gasteiger charge is -1.86. The zero-order chi connectivity index (χ0) is 6.85. The van der Waals surface area contributed by atoms with E-state index in [2.05, 4.69) is 15.9 Å². The fraction of sp³-hybridized carbons (Fsp3) is 0. The SMILES string of the molecule is N[n+]1cc(F)ccc1Br. The standard InChI is InChI=1S/C5H5BrFN2/c6-5-2-1-4(7)3-9(5)8/h1-3H,8H2/q+1. The Balaban J connectivity index is 3.17. The average molecular weight is 192 g/mol. The molecule has 0 aliphatic carbocycles. The van der Waals surface area contributed by atoms with Crippen molar-refractivity contribution in [2.45, 2.75) is 0 Å². The van der Waals surface area contributed by atoms with Crippen molar-refractivity contribution >= 4 is 15.9 Å². The van der Waals surface area contributed by atoms with Crippen molar-refractivity contribution in [3.8, 4) is 0 Å². The predicted octanol–water partition coefficient (Wildman–Crippen LogP) is 0.589. The number of hydrogen-bond donors (Lipinski definition) is 1. The van der Waals surface area contributed by atoms with Crippen LogP contribution in [0.1, 0.15) is 0 Å². The van der Waals surface area contributed by atoms with Gasteiger partial charge in [-0.05, 0) is 6.07 Å².